The molecule has 0 aliphatic carbocycles. The smallest absolute Gasteiger partial charge is 0.347 e. The van der Waals surface area contributed by atoms with Crippen LogP contribution in [-0.2, 0) is 14.3 Å². The number of carbonyl (C=O) groups is 2. The highest BCUT2D eigenvalue weighted by atomic mass is 35.5. The van der Waals surface area contributed by atoms with Crippen molar-refractivity contribution in [2.75, 3.05) is 0 Å². The zero-order chi connectivity index (χ0) is 15.0. The number of esters is 2. The first-order chi connectivity index (χ1) is 10.0. The van der Waals surface area contributed by atoms with Crippen molar-refractivity contribution in [1.29, 1.82) is 0 Å². The SMILES string of the molecule is CC1CC(OC(=O)c2ccc3nc(Cl)ccc3c2)C(=O)O1. The van der Waals surface area contributed by atoms with Crippen molar-refractivity contribution in [3.63, 3.8) is 0 Å². The second-order valence-electron chi connectivity index (χ2n) is 4.92. The molecule has 5 nitrogen and oxygen atoms in total. The van der Waals surface area contributed by atoms with Crippen molar-refractivity contribution in [3.8, 4) is 0 Å². The van der Waals surface area contributed by atoms with E-state index in [4.69, 9.17) is 21.1 Å². The Kier molecular flexibility index (Phi) is 3.51. The second kappa shape index (κ2) is 5.33. The molecule has 1 aromatic carbocycles. The number of ether oxygens (including phenoxy) is 2. The molecule has 0 amide bonds. The van der Waals surface area contributed by atoms with Gasteiger partial charge in [0.2, 0.25) is 6.10 Å². The van der Waals surface area contributed by atoms with Crippen LogP contribution in [0, 0.1) is 0 Å². The normalized spacial score (nSPS) is 21.3. The number of hydrogen-bond acceptors (Lipinski definition) is 5. The van der Waals surface area contributed by atoms with E-state index in [1.807, 2.05) is 0 Å². The van der Waals surface area contributed by atoms with Gasteiger partial charge in [-0.15, -0.1) is 0 Å². The molecule has 1 aromatic heterocycles. The molecule has 1 aliphatic rings. The third kappa shape index (κ3) is 2.83. The van der Waals surface area contributed by atoms with Crippen LogP contribution < -0.4 is 0 Å². The highest BCUT2D eigenvalue weighted by Gasteiger charge is 2.35. The summed E-state index contributed by atoms with van der Waals surface area (Å²) in [5.41, 5.74) is 1.05. The number of halogens is 1. The standard InChI is InChI=1S/C15H12ClNO4/c1-8-6-12(15(19)20-8)21-14(18)10-2-4-11-9(7-10)3-5-13(16)17-11/h2-5,7-8,12H,6H2,1H3. The molecule has 0 bridgehead atoms. The number of carbonyl (C=O) groups excluding carboxylic acids is 2. The third-order valence-electron chi connectivity index (χ3n) is 3.27. The van der Waals surface area contributed by atoms with Crippen molar-refractivity contribution in [1.82, 2.24) is 4.98 Å². The highest BCUT2D eigenvalue weighted by molar-refractivity contribution is 6.29. The average molecular weight is 306 g/mol. The molecular formula is C15H12ClNO4. The number of pyridine rings is 1. The van der Waals surface area contributed by atoms with E-state index in [1.165, 1.54) is 0 Å². The van der Waals surface area contributed by atoms with Gasteiger partial charge >= 0.3 is 11.9 Å². The van der Waals surface area contributed by atoms with Gasteiger partial charge in [-0.05, 0) is 37.3 Å². The van der Waals surface area contributed by atoms with E-state index in [0.717, 1.165) is 5.39 Å². The number of benzene rings is 1. The molecule has 1 saturated heterocycles. The largest absolute Gasteiger partial charge is 0.460 e. The van der Waals surface area contributed by atoms with E-state index in [9.17, 15) is 9.59 Å². The Morgan fingerprint density at radius 3 is 2.90 bits per heavy atom. The Morgan fingerprint density at radius 2 is 2.19 bits per heavy atom. The van der Waals surface area contributed by atoms with Crippen LogP contribution in [0.5, 0.6) is 0 Å². The number of cyclic esters (lactones) is 1. The molecule has 0 spiro atoms. The van der Waals surface area contributed by atoms with E-state index >= 15 is 0 Å². The lowest BCUT2D eigenvalue weighted by atomic mass is 10.1. The first-order valence-corrected chi connectivity index (χ1v) is 6.88. The van der Waals surface area contributed by atoms with Crippen molar-refractivity contribution >= 4 is 34.4 Å². The molecule has 2 unspecified atom stereocenters. The zero-order valence-electron chi connectivity index (χ0n) is 11.2. The van der Waals surface area contributed by atoms with Gasteiger partial charge < -0.3 is 9.47 Å². The fourth-order valence-electron chi connectivity index (χ4n) is 2.24. The first-order valence-electron chi connectivity index (χ1n) is 6.51. The average Bonchev–Trinajstić information content (AvgIpc) is 2.76. The summed E-state index contributed by atoms with van der Waals surface area (Å²) in [5.74, 6) is -1.05. The number of fused-ring (bicyclic) bond motifs is 1. The summed E-state index contributed by atoms with van der Waals surface area (Å²) in [4.78, 5) is 27.7. The molecule has 21 heavy (non-hydrogen) atoms. The second-order valence-corrected chi connectivity index (χ2v) is 5.31. The summed E-state index contributed by atoms with van der Waals surface area (Å²) in [6.07, 6.45) is -0.667. The van der Waals surface area contributed by atoms with Crippen LogP contribution in [0.25, 0.3) is 10.9 Å². The van der Waals surface area contributed by atoms with Crippen LogP contribution in [0.3, 0.4) is 0 Å². The van der Waals surface area contributed by atoms with Gasteiger partial charge in [0, 0.05) is 11.8 Å². The number of nitrogens with zero attached hydrogens (tertiary/aromatic N) is 1. The summed E-state index contributed by atoms with van der Waals surface area (Å²) >= 11 is 5.81. The predicted molar refractivity (Wildman–Crippen MR) is 76.1 cm³/mol. The van der Waals surface area contributed by atoms with E-state index in [-0.39, 0.29) is 6.10 Å². The minimum atomic E-state index is -0.827. The van der Waals surface area contributed by atoms with E-state index in [2.05, 4.69) is 4.98 Å². The minimum absolute atomic E-state index is 0.224. The van der Waals surface area contributed by atoms with Gasteiger partial charge in [0.15, 0.2) is 0 Å². The maximum absolute atomic E-state index is 12.1. The van der Waals surface area contributed by atoms with Crippen molar-refractivity contribution in [2.24, 2.45) is 0 Å². The summed E-state index contributed by atoms with van der Waals surface area (Å²) in [5, 5.41) is 1.16. The number of rotatable bonds is 2. The maximum Gasteiger partial charge on any atom is 0.347 e. The Balaban J connectivity index is 1.81. The predicted octanol–water partition coefficient (Wildman–Crippen LogP) is 2.75. The summed E-state index contributed by atoms with van der Waals surface area (Å²) in [7, 11) is 0. The number of hydrogen-bond donors (Lipinski definition) is 0. The summed E-state index contributed by atoms with van der Waals surface area (Å²) in [6, 6.07) is 8.36. The van der Waals surface area contributed by atoms with Gasteiger partial charge in [0.1, 0.15) is 11.3 Å². The van der Waals surface area contributed by atoms with Crippen molar-refractivity contribution in [2.45, 2.75) is 25.6 Å². The molecule has 2 atom stereocenters. The lowest BCUT2D eigenvalue weighted by Gasteiger charge is -2.08. The number of aromatic nitrogens is 1. The van der Waals surface area contributed by atoms with Gasteiger partial charge in [-0.2, -0.15) is 0 Å². The lowest BCUT2D eigenvalue weighted by molar-refractivity contribution is -0.147. The Hall–Kier alpha value is -2.14. The Morgan fingerprint density at radius 1 is 1.38 bits per heavy atom. The molecule has 6 heteroatoms. The maximum atomic E-state index is 12.1. The zero-order valence-corrected chi connectivity index (χ0v) is 12.0. The van der Waals surface area contributed by atoms with Gasteiger partial charge in [0.25, 0.3) is 0 Å². The van der Waals surface area contributed by atoms with Gasteiger partial charge in [-0.3, -0.25) is 0 Å². The molecule has 108 valence electrons. The molecule has 0 N–H and O–H groups in total. The molecule has 1 aliphatic heterocycles. The van der Waals surface area contributed by atoms with Crippen LogP contribution in [0.15, 0.2) is 30.3 Å². The molecule has 1 fully saturated rings. The molecule has 2 aromatic rings. The molecular weight excluding hydrogens is 294 g/mol. The molecule has 0 saturated carbocycles. The van der Waals surface area contributed by atoms with Crippen molar-refractivity contribution < 1.29 is 19.1 Å². The van der Waals surface area contributed by atoms with Gasteiger partial charge in [-0.25, -0.2) is 14.6 Å². The molecule has 0 radical (unpaired) electrons. The fraction of sp³-hybridized carbons (Fsp3) is 0.267. The minimum Gasteiger partial charge on any atom is -0.460 e. The van der Waals surface area contributed by atoms with Crippen LogP contribution in [0.1, 0.15) is 23.7 Å². The summed E-state index contributed by atoms with van der Waals surface area (Å²) < 4.78 is 10.1. The molecule has 2 heterocycles. The van der Waals surface area contributed by atoms with Crippen LogP contribution >= 0.6 is 11.6 Å². The van der Waals surface area contributed by atoms with Crippen LogP contribution in [0.2, 0.25) is 5.15 Å². The van der Waals surface area contributed by atoms with Crippen LogP contribution in [0.4, 0.5) is 0 Å². The van der Waals surface area contributed by atoms with E-state index in [1.54, 1.807) is 37.3 Å². The fourth-order valence-corrected chi connectivity index (χ4v) is 2.40. The van der Waals surface area contributed by atoms with Crippen molar-refractivity contribution in [3.05, 3.63) is 41.0 Å². The highest BCUT2D eigenvalue weighted by Crippen LogP contribution is 2.21. The summed E-state index contributed by atoms with van der Waals surface area (Å²) in [6.45, 7) is 1.76. The van der Waals surface area contributed by atoms with Crippen LogP contribution in [-0.4, -0.2) is 29.1 Å². The third-order valence-corrected chi connectivity index (χ3v) is 3.48. The lowest BCUT2D eigenvalue weighted by Crippen LogP contribution is -2.22. The topological polar surface area (TPSA) is 65.5 Å². The van der Waals surface area contributed by atoms with Gasteiger partial charge in [-0.1, -0.05) is 11.6 Å². The van der Waals surface area contributed by atoms with Gasteiger partial charge in [0.05, 0.1) is 11.1 Å². The monoisotopic (exact) mass is 305 g/mol. The Bertz CT molecular complexity index is 731. The van der Waals surface area contributed by atoms with E-state index < -0.39 is 18.0 Å². The first kappa shape index (κ1) is 13.8. The Labute approximate surface area is 125 Å². The van der Waals surface area contributed by atoms with E-state index in [0.29, 0.717) is 22.7 Å². The quantitative estimate of drug-likeness (QED) is 0.630. The molecule has 3 rings (SSSR count).